The van der Waals surface area contributed by atoms with Crippen LogP contribution in [0.2, 0.25) is 10.0 Å². The van der Waals surface area contributed by atoms with E-state index in [1.165, 1.54) is 0 Å². The molecule has 0 spiro atoms. The number of nitrogens with one attached hydrogen (secondary N) is 1. The normalized spacial score (nSPS) is 14.5. The van der Waals surface area contributed by atoms with Crippen molar-refractivity contribution in [2.75, 3.05) is 12.4 Å². The highest BCUT2D eigenvalue weighted by molar-refractivity contribution is 6.35. The standard InChI is InChI=1S/C14H13Cl2N3/c1-17-13-7-12(18-14(19-13)8-2-3-8)10-6-9(15)4-5-11(10)16/h4-8H,2-3H2,1H3,(H,17,18,19). The van der Waals surface area contributed by atoms with Crippen molar-refractivity contribution in [1.29, 1.82) is 0 Å². The van der Waals surface area contributed by atoms with E-state index >= 15 is 0 Å². The third kappa shape index (κ3) is 2.67. The molecule has 19 heavy (non-hydrogen) atoms. The Hall–Kier alpha value is -1.32. The third-order valence-electron chi connectivity index (χ3n) is 3.15. The molecule has 1 saturated carbocycles. The SMILES string of the molecule is CNc1cc(-c2cc(Cl)ccc2Cl)nc(C2CC2)n1. The van der Waals surface area contributed by atoms with Crippen LogP contribution in [0.3, 0.4) is 0 Å². The average molecular weight is 294 g/mol. The molecule has 98 valence electrons. The van der Waals surface area contributed by atoms with Crippen LogP contribution in [0.15, 0.2) is 24.3 Å². The first-order valence-electron chi connectivity index (χ1n) is 6.19. The zero-order chi connectivity index (χ0) is 13.4. The molecule has 0 saturated heterocycles. The molecule has 0 bridgehead atoms. The highest BCUT2D eigenvalue weighted by atomic mass is 35.5. The summed E-state index contributed by atoms with van der Waals surface area (Å²) >= 11 is 12.3. The second kappa shape index (κ2) is 4.99. The van der Waals surface area contributed by atoms with Gasteiger partial charge in [0.2, 0.25) is 0 Å². The molecule has 0 unspecified atom stereocenters. The van der Waals surface area contributed by atoms with Gasteiger partial charge in [-0.2, -0.15) is 0 Å². The molecule has 1 fully saturated rings. The fourth-order valence-corrected chi connectivity index (χ4v) is 2.34. The lowest BCUT2D eigenvalue weighted by molar-refractivity contribution is 0.932. The number of hydrogen-bond donors (Lipinski definition) is 1. The molecule has 1 aromatic heterocycles. The molecule has 1 aromatic carbocycles. The summed E-state index contributed by atoms with van der Waals surface area (Å²) < 4.78 is 0. The van der Waals surface area contributed by atoms with Gasteiger partial charge in [-0.1, -0.05) is 23.2 Å². The van der Waals surface area contributed by atoms with Gasteiger partial charge >= 0.3 is 0 Å². The van der Waals surface area contributed by atoms with Crippen molar-refractivity contribution in [3.63, 3.8) is 0 Å². The highest BCUT2D eigenvalue weighted by Gasteiger charge is 2.27. The van der Waals surface area contributed by atoms with Crippen LogP contribution in [0.1, 0.15) is 24.6 Å². The topological polar surface area (TPSA) is 37.8 Å². The maximum Gasteiger partial charge on any atom is 0.134 e. The van der Waals surface area contributed by atoms with Gasteiger partial charge in [0, 0.05) is 29.6 Å². The van der Waals surface area contributed by atoms with Crippen LogP contribution in [0.25, 0.3) is 11.3 Å². The minimum Gasteiger partial charge on any atom is -0.373 e. The first-order valence-corrected chi connectivity index (χ1v) is 6.95. The van der Waals surface area contributed by atoms with Gasteiger partial charge in [0.1, 0.15) is 11.6 Å². The van der Waals surface area contributed by atoms with Crippen molar-refractivity contribution in [2.45, 2.75) is 18.8 Å². The van der Waals surface area contributed by atoms with E-state index in [9.17, 15) is 0 Å². The molecule has 5 heteroatoms. The predicted octanol–water partition coefficient (Wildman–Crippen LogP) is 4.37. The number of benzene rings is 1. The molecule has 3 rings (SSSR count). The number of rotatable bonds is 3. The smallest absolute Gasteiger partial charge is 0.134 e. The monoisotopic (exact) mass is 293 g/mol. The van der Waals surface area contributed by atoms with E-state index in [1.54, 1.807) is 12.1 Å². The summed E-state index contributed by atoms with van der Waals surface area (Å²) in [5.74, 6) is 2.19. The van der Waals surface area contributed by atoms with Gasteiger partial charge in [0.25, 0.3) is 0 Å². The number of anilines is 1. The summed E-state index contributed by atoms with van der Waals surface area (Å²) in [6, 6.07) is 7.29. The van der Waals surface area contributed by atoms with Crippen LogP contribution in [-0.4, -0.2) is 17.0 Å². The van der Waals surface area contributed by atoms with Crippen molar-refractivity contribution in [1.82, 2.24) is 9.97 Å². The number of hydrogen-bond acceptors (Lipinski definition) is 3. The summed E-state index contributed by atoms with van der Waals surface area (Å²) in [6.07, 6.45) is 2.33. The summed E-state index contributed by atoms with van der Waals surface area (Å²) in [6.45, 7) is 0. The lowest BCUT2D eigenvalue weighted by Gasteiger charge is -2.09. The van der Waals surface area contributed by atoms with Crippen LogP contribution >= 0.6 is 23.2 Å². The van der Waals surface area contributed by atoms with Crippen LogP contribution in [-0.2, 0) is 0 Å². The summed E-state index contributed by atoms with van der Waals surface area (Å²) in [7, 11) is 1.85. The molecule has 3 nitrogen and oxygen atoms in total. The molecule has 2 aromatic rings. The number of aromatic nitrogens is 2. The van der Waals surface area contributed by atoms with Crippen LogP contribution in [0.5, 0.6) is 0 Å². The van der Waals surface area contributed by atoms with Crippen molar-refractivity contribution in [3.05, 3.63) is 40.1 Å². The van der Waals surface area contributed by atoms with E-state index < -0.39 is 0 Å². The second-order valence-corrected chi connectivity index (χ2v) is 5.49. The molecule has 1 aliphatic carbocycles. The number of nitrogens with zero attached hydrogens (tertiary/aromatic N) is 2. The molecular formula is C14H13Cl2N3. The molecular weight excluding hydrogens is 281 g/mol. The van der Waals surface area contributed by atoms with Gasteiger partial charge in [0.15, 0.2) is 0 Å². The van der Waals surface area contributed by atoms with E-state index in [-0.39, 0.29) is 0 Å². The molecule has 1 N–H and O–H groups in total. The minimum absolute atomic E-state index is 0.491. The zero-order valence-electron chi connectivity index (χ0n) is 10.5. The zero-order valence-corrected chi connectivity index (χ0v) is 12.0. The van der Waals surface area contributed by atoms with E-state index in [4.69, 9.17) is 23.2 Å². The molecule has 1 heterocycles. The number of halogens is 2. The maximum absolute atomic E-state index is 6.23. The first-order chi connectivity index (χ1) is 9.17. The van der Waals surface area contributed by atoms with Gasteiger partial charge in [-0.3, -0.25) is 0 Å². The Morgan fingerprint density at radius 1 is 1.16 bits per heavy atom. The lowest BCUT2D eigenvalue weighted by Crippen LogP contribution is -2.00. The minimum atomic E-state index is 0.491. The Morgan fingerprint density at radius 3 is 2.63 bits per heavy atom. The second-order valence-electron chi connectivity index (χ2n) is 4.65. The Kier molecular flexibility index (Phi) is 3.33. The van der Waals surface area contributed by atoms with Crippen LogP contribution in [0, 0.1) is 0 Å². The molecule has 0 atom stereocenters. The van der Waals surface area contributed by atoms with Crippen LogP contribution in [0.4, 0.5) is 5.82 Å². The van der Waals surface area contributed by atoms with Gasteiger partial charge in [-0.15, -0.1) is 0 Å². The van der Waals surface area contributed by atoms with Crippen molar-refractivity contribution >= 4 is 29.0 Å². The predicted molar refractivity (Wildman–Crippen MR) is 79.0 cm³/mol. The Morgan fingerprint density at radius 2 is 1.95 bits per heavy atom. The maximum atomic E-state index is 6.23. The van der Waals surface area contributed by atoms with Gasteiger partial charge < -0.3 is 5.32 Å². The highest BCUT2D eigenvalue weighted by Crippen LogP contribution is 2.40. The van der Waals surface area contributed by atoms with Crippen molar-refractivity contribution < 1.29 is 0 Å². The van der Waals surface area contributed by atoms with Crippen LogP contribution < -0.4 is 5.32 Å². The Bertz CT molecular complexity index is 624. The largest absolute Gasteiger partial charge is 0.373 e. The Balaban J connectivity index is 2.12. The quantitative estimate of drug-likeness (QED) is 0.913. The van der Waals surface area contributed by atoms with E-state index in [0.29, 0.717) is 16.0 Å². The van der Waals surface area contributed by atoms with Gasteiger partial charge in [0.05, 0.1) is 10.7 Å². The molecule has 0 radical (unpaired) electrons. The van der Waals surface area contributed by atoms with Crippen molar-refractivity contribution in [2.24, 2.45) is 0 Å². The van der Waals surface area contributed by atoms with E-state index in [0.717, 1.165) is 35.7 Å². The summed E-state index contributed by atoms with van der Waals surface area (Å²) in [5.41, 5.74) is 1.66. The van der Waals surface area contributed by atoms with Gasteiger partial charge in [-0.05, 0) is 31.0 Å². The summed E-state index contributed by atoms with van der Waals surface area (Å²) in [5, 5.41) is 4.36. The lowest BCUT2D eigenvalue weighted by atomic mass is 10.1. The fraction of sp³-hybridized carbons (Fsp3) is 0.286. The fourth-order valence-electron chi connectivity index (χ4n) is 1.95. The first kappa shape index (κ1) is 12.7. The summed E-state index contributed by atoms with van der Waals surface area (Å²) in [4.78, 5) is 9.11. The van der Waals surface area contributed by atoms with E-state index in [1.807, 2.05) is 19.2 Å². The molecule has 0 amide bonds. The third-order valence-corrected chi connectivity index (χ3v) is 3.71. The molecule has 1 aliphatic rings. The van der Waals surface area contributed by atoms with Crippen molar-refractivity contribution in [3.8, 4) is 11.3 Å². The van der Waals surface area contributed by atoms with E-state index in [2.05, 4.69) is 15.3 Å². The van der Waals surface area contributed by atoms with Gasteiger partial charge in [-0.25, -0.2) is 9.97 Å². The molecule has 0 aliphatic heterocycles. The average Bonchev–Trinajstić information content (AvgIpc) is 3.25. The Labute approximate surface area is 122 Å².